The van der Waals surface area contributed by atoms with E-state index in [0.29, 0.717) is 19.3 Å². The lowest BCUT2D eigenvalue weighted by atomic mass is 9.96. The lowest BCUT2D eigenvalue weighted by Gasteiger charge is -2.25. The molecule has 0 spiro atoms. The zero-order valence-electron chi connectivity index (χ0n) is 11.9. The number of ether oxygens (including phenoxy) is 2. The van der Waals surface area contributed by atoms with Gasteiger partial charge in [-0.3, -0.25) is 0 Å². The van der Waals surface area contributed by atoms with Crippen LogP contribution in [0.3, 0.4) is 0 Å². The van der Waals surface area contributed by atoms with Gasteiger partial charge in [0.15, 0.2) is 0 Å². The largest absolute Gasteiger partial charge is 0.491 e. The fourth-order valence-corrected chi connectivity index (χ4v) is 2.07. The maximum absolute atomic E-state index is 5.72. The summed E-state index contributed by atoms with van der Waals surface area (Å²) in [4.78, 5) is 0. The van der Waals surface area contributed by atoms with Crippen molar-refractivity contribution in [2.45, 2.75) is 45.3 Å². The van der Waals surface area contributed by atoms with Crippen molar-refractivity contribution < 1.29 is 9.47 Å². The third-order valence-electron chi connectivity index (χ3n) is 3.41. The van der Waals surface area contributed by atoms with Gasteiger partial charge in [0.2, 0.25) is 0 Å². The Morgan fingerprint density at radius 1 is 1.26 bits per heavy atom. The minimum Gasteiger partial charge on any atom is -0.491 e. The van der Waals surface area contributed by atoms with Crippen LogP contribution < -0.4 is 10.1 Å². The first kappa shape index (κ1) is 14.4. The SMILES string of the molecule is CCCNCc1cccc(OCCOC2CCC2)c1. The normalized spacial score (nSPS) is 15.2. The zero-order chi connectivity index (χ0) is 13.3. The van der Waals surface area contributed by atoms with E-state index >= 15 is 0 Å². The van der Waals surface area contributed by atoms with Gasteiger partial charge >= 0.3 is 0 Å². The molecule has 2 rings (SSSR count). The molecule has 1 saturated carbocycles. The van der Waals surface area contributed by atoms with Gasteiger partial charge in [-0.15, -0.1) is 0 Å². The van der Waals surface area contributed by atoms with E-state index in [1.54, 1.807) is 0 Å². The second kappa shape index (κ2) is 8.18. The molecule has 0 atom stereocenters. The maximum Gasteiger partial charge on any atom is 0.119 e. The molecule has 1 aliphatic carbocycles. The molecule has 1 aromatic carbocycles. The first-order valence-electron chi connectivity index (χ1n) is 7.42. The highest BCUT2D eigenvalue weighted by Crippen LogP contribution is 2.21. The molecule has 19 heavy (non-hydrogen) atoms. The predicted molar refractivity (Wildman–Crippen MR) is 77.5 cm³/mol. The standard InChI is InChI=1S/C16H25NO2/c1-2-9-17-13-14-5-3-8-16(12-14)19-11-10-18-15-6-4-7-15/h3,5,8,12,15,17H,2,4,6-7,9-11,13H2,1H3. The monoisotopic (exact) mass is 263 g/mol. The Morgan fingerprint density at radius 3 is 2.89 bits per heavy atom. The molecule has 106 valence electrons. The molecule has 3 nitrogen and oxygen atoms in total. The van der Waals surface area contributed by atoms with Crippen molar-refractivity contribution in [1.29, 1.82) is 0 Å². The molecule has 1 aliphatic rings. The smallest absolute Gasteiger partial charge is 0.119 e. The Kier molecular flexibility index (Phi) is 6.18. The summed E-state index contributed by atoms with van der Waals surface area (Å²) >= 11 is 0. The van der Waals surface area contributed by atoms with Gasteiger partial charge in [-0.2, -0.15) is 0 Å². The third-order valence-corrected chi connectivity index (χ3v) is 3.41. The molecule has 1 aromatic rings. The number of benzene rings is 1. The van der Waals surface area contributed by atoms with E-state index in [4.69, 9.17) is 9.47 Å². The van der Waals surface area contributed by atoms with Crippen LogP contribution in [0.5, 0.6) is 5.75 Å². The zero-order valence-corrected chi connectivity index (χ0v) is 11.9. The van der Waals surface area contributed by atoms with Gasteiger partial charge in [0, 0.05) is 6.54 Å². The van der Waals surface area contributed by atoms with Crippen LogP contribution in [0, 0.1) is 0 Å². The molecule has 1 N–H and O–H groups in total. The van der Waals surface area contributed by atoms with Gasteiger partial charge in [-0.1, -0.05) is 19.1 Å². The number of nitrogens with one attached hydrogen (secondary N) is 1. The van der Waals surface area contributed by atoms with Crippen molar-refractivity contribution in [3.05, 3.63) is 29.8 Å². The average Bonchev–Trinajstić information content (AvgIpc) is 2.37. The minimum atomic E-state index is 0.494. The molecule has 0 unspecified atom stereocenters. The fourth-order valence-electron chi connectivity index (χ4n) is 2.07. The summed E-state index contributed by atoms with van der Waals surface area (Å²) in [7, 11) is 0. The van der Waals surface area contributed by atoms with Crippen molar-refractivity contribution in [3.63, 3.8) is 0 Å². The predicted octanol–water partition coefficient (Wildman–Crippen LogP) is 3.13. The quantitative estimate of drug-likeness (QED) is 0.694. The molecular weight excluding hydrogens is 238 g/mol. The molecule has 0 heterocycles. The maximum atomic E-state index is 5.72. The van der Waals surface area contributed by atoms with Crippen LogP contribution in [0.4, 0.5) is 0 Å². The third kappa shape index (κ3) is 5.21. The number of hydrogen-bond donors (Lipinski definition) is 1. The van der Waals surface area contributed by atoms with Crippen molar-refractivity contribution >= 4 is 0 Å². The highest BCUT2D eigenvalue weighted by Gasteiger charge is 2.17. The second-order valence-corrected chi connectivity index (χ2v) is 5.10. The summed E-state index contributed by atoms with van der Waals surface area (Å²) in [5, 5.41) is 3.40. The van der Waals surface area contributed by atoms with E-state index in [0.717, 1.165) is 25.3 Å². The van der Waals surface area contributed by atoms with Crippen molar-refractivity contribution in [2.75, 3.05) is 19.8 Å². The van der Waals surface area contributed by atoms with Gasteiger partial charge in [-0.25, -0.2) is 0 Å². The highest BCUT2D eigenvalue weighted by molar-refractivity contribution is 5.28. The Balaban J connectivity index is 1.65. The highest BCUT2D eigenvalue weighted by atomic mass is 16.5. The summed E-state index contributed by atoms with van der Waals surface area (Å²) in [6.07, 6.45) is 5.41. The van der Waals surface area contributed by atoms with Gasteiger partial charge in [-0.05, 0) is 49.9 Å². The summed E-state index contributed by atoms with van der Waals surface area (Å²) in [5.74, 6) is 0.938. The lowest BCUT2D eigenvalue weighted by molar-refractivity contribution is -0.0103. The lowest BCUT2D eigenvalue weighted by Crippen LogP contribution is -2.23. The van der Waals surface area contributed by atoms with E-state index in [-0.39, 0.29) is 0 Å². The van der Waals surface area contributed by atoms with Crippen molar-refractivity contribution in [2.24, 2.45) is 0 Å². The Bertz CT molecular complexity index is 364. The van der Waals surface area contributed by atoms with Crippen LogP contribution in [-0.2, 0) is 11.3 Å². The molecule has 0 radical (unpaired) electrons. The van der Waals surface area contributed by atoms with Crippen molar-refractivity contribution in [1.82, 2.24) is 5.32 Å². The fraction of sp³-hybridized carbons (Fsp3) is 0.625. The first-order valence-corrected chi connectivity index (χ1v) is 7.42. The Labute approximate surface area is 116 Å². The average molecular weight is 263 g/mol. The Hall–Kier alpha value is -1.06. The summed E-state index contributed by atoms with van der Waals surface area (Å²) in [5.41, 5.74) is 1.27. The molecule has 0 aliphatic heterocycles. The molecule has 0 bridgehead atoms. The molecule has 0 amide bonds. The molecule has 1 fully saturated rings. The summed E-state index contributed by atoms with van der Waals surface area (Å²) in [6.45, 7) is 5.48. The topological polar surface area (TPSA) is 30.5 Å². The molecule has 0 saturated heterocycles. The van der Waals surface area contributed by atoms with Gasteiger partial charge in [0.05, 0.1) is 12.7 Å². The van der Waals surface area contributed by atoms with Gasteiger partial charge in [0.1, 0.15) is 12.4 Å². The molecular formula is C16H25NO2. The summed E-state index contributed by atoms with van der Waals surface area (Å²) in [6, 6.07) is 8.28. The number of hydrogen-bond acceptors (Lipinski definition) is 3. The minimum absolute atomic E-state index is 0.494. The van der Waals surface area contributed by atoms with Crippen LogP contribution in [-0.4, -0.2) is 25.9 Å². The van der Waals surface area contributed by atoms with Crippen molar-refractivity contribution in [3.8, 4) is 5.75 Å². The van der Waals surface area contributed by atoms with Gasteiger partial charge < -0.3 is 14.8 Å². The van der Waals surface area contributed by atoms with Crippen LogP contribution in [0.25, 0.3) is 0 Å². The van der Waals surface area contributed by atoms with Gasteiger partial charge in [0.25, 0.3) is 0 Å². The van der Waals surface area contributed by atoms with Crippen LogP contribution in [0.15, 0.2) is 24.3 Å². The first-order chi connectivity index (χ1) is 9.38. The van der Waals surface area contributed by atoms with E-state index < -0.39 is 0 Å². The van der Waals surface area contributed by atoms with E-state index in [9.17, 15) is 0 Å². The van der Waals surface area contributed by atoms with E-state index in [2.05, 4.69) is 24.4 Å². The molecule has 3 heteroatoms. The molecule has 0 aromatic heterocycles. The van der Waals surface area contributed by atoms with E-state index in [1.165, 1.54) is 24.8 Å². The van der Waals surface area contributed by atoms with Crippen LogP contribution in [0.1, 0.15) is 38.2 Å². The van der Waals surface area contributed by atoms with Crippen LogP contribution in [0.2, 0.25) is 0 Å². The number of rotatable bonds is 9. The Morgan fingerprint density at radius 2 is 2.16 bits per heavy atom. The second-order valence-electron chi connectivity index (χ2n) is 5.10. The summed E-state index contributed by atoms with van der Waals surface area (Å²) < 4.78 is 11.4. The van der Waals surface area contributed by atoms with Crippen LogP contribution >= 0.6 is 0 Å². The van der Waals surface area contributed by atoms with E-state index in [1.807, 2.05) is 12.1 Å².